The van der Waals surface area contributed by atoms with Crippen LogP contribution in [0.4, 0.5) is 5.69 Å². The quantitative estimate of drug-likeness (QED) is 0.807. The molecule has 0 aliphatic rings. The van der Waals surface area contributed by atoms with E-state index in [0.717, 1.165) is 0 Å². The van der Waals surface area contributed by atoms with E-state index in [1.165, 1.54) is 0 Å². The summed E-state index contributed by atoms with van der Waals surface area (Å²) in [5.74, 6) is -0.157. The van der Waals surface area contributed by atoms with Crippen molar-refractivity contribution in [1.29, 1.82) is 0 Å². The largest absolute Gasteiger partial charge is 0.395 e. The maximum atomic E-state index is 12.3. The summed E-state index contributed by atoms with van der Waals surface area (Å²) in [4.78, 5) is 13.8. The number of aliphatic hydroxyl groups is 1. The third-order valence-corrected chi connectivity index (χ3v) is 2.90. The lowest BCUT2D eigenvalue weighted by atomic mass is 10.2. The Morgan fingerprint density at radius 1 is 1.61 bits per heavy atom. The first-order valence-corrected chi connectivity index (χ1v) is 6.14. The fraction of sp³-hybridized carbons (Fsp3) is 0.667. The summed E-state index contributed by atoms with van der Waals surface area (Å²) in [6.45, 7) is 6.49. The Morgan fingerprint density at radius 3 is 2.72 bits per heavy atom. The van der Waals surface area contributed by atoms with Crippen molar-refractivity contribution in [2.45, 2.75) is 39.8 Å². The fourth-order valence-electron chi connectivity index (χ4n) is 1.71. The Kier molecular flexibility index (Phi) is 4.72. The molecule has 1 aromatic heterocycles. The van der Waals surface area contributed by atoms with Gasteiger partial charge >= 0.3 is 0 Å². The molecule has 0 spiro atoms. The fourth-order valence-corrected chi connectivity index (χ4v) is 1.71. The molecule has 0 saturated carbocycles. The maximum absolute atomic E-state index is 12.3. The van der Waals surface area contributed by atoms with Gasteiger partial charge in [-0.05, 0) is 27.2 Å². The van der Waals surface area contributed by atoms with E-state index in [2.05, 4.69) is 5.10 Å². The first kappa shape index (κ1) is 14.5. The summed E-state index contributed by atoms with van der Waals surface area (Å²) in [6.07, 6.45) is 0.122. The molecule has 0 aromatic carbocycles. The highest BCUT2D eigenvalue weighted by Crippen LogP contribution is 2.18. The molecule has 3 N–H and O–H groups in total. The van der Waals surface area contributed by atoms with Crippen LogP contribution in [-0.4, -0.2) is 45.4 Å². The van der Waals surface area contributed by atoms with E-state index in [1.54, 1.807) is 30.5 Å². The summed E-state index contributed by atoms with van der Waals surface area (Å²) < 4.78 is 1.62. The molecule has 6 nitrogen and oxygen atoms in total. The van der Waals surface area contributed by atoms with Gasteiger partial charge in [0.25, 0.3) is 5.91 Å². The Morgan fingerprint density at radius 2 is 2.22 bits per heavy atom. The second-order valence-electron chi connectivity index (χ2n) is 4.53. The number of hydrogen-bond donors (Lipinski definition) is 2. The number of aliphatic hydroxyl groups excluding tert-OH is 1. The molecule has 0 bridgehead atoms. The third-order valence-electron chi connectivity index (χ3n) is 2.90. The van der Waals surface area contributed by atoms with Crippen molar-refractivity contribution >= 4 is 11.6 Å². The Bertz CT molecular complexity index is 426. The van der Waals surface area contributed by atoms with E-state index >= 15 is 0 Å². The van der Waals surface area contributed by atoms with Crippen LogP contribution in [0.25, 0.3) is 0 Å². The number of amides is 1. The highest BCUT2D eigenvalue weighted by atomic mass is 16.3. The van der Waals surface area contributed by atoms with Crippen molar-refractivity contribution in [3.05, 3.63) is 11.4 Å². The van der Waals surface area contributed by atoms with Gasteiger partial charge in [-0.25, -0.2) is 0 Å². The Hall–Kier alpha value is -1.56. The number of anilines is 1. The first-order chi connectivity index (χ1) is 8.38. The smallest absolute Gasteiger partial charge is 0.274 e. The summed E-state index contributed by atoms with van der Waals surface area (Å²) in [7, 11) is 1.70. The van der Waals surface area contributed by atoms with Gasteiger partial charge in [-0.3, -0.25) is 9.48 Å². The second-order valence-corrected chi connectivity index (χ2v) is 4.53. The highest BCUT2D eigenvalue weighted by molar-refractivity contribution is 5.97. The lowest BCUT2D eigenvalue weighted by Gasteiger charge is -2.18. The molecule has 18 heavy (non-hydrogen) atoms. The van der Waals surface area contributed by atoms with Gasteiger partial charge in [0.1, 0.15) is 5.69 Å². The molecule has 0 aliphatic heterocycles. The number of aryl methyl sites for hydroxylation is 2. The van der Waals surface area contributed by atoms with Crippen LogP contribution < -0.4 is 5.73 Å². The monoisotopic (exact) mass is 254 g/mol. The predicted molar refractivity (Wildman–Crippen MR) is 70.3 cm³/mol. The Balaban J connectivity index is 2.89. The lowest BCUT2D eigenvalue weighted by Crippen LogP contribution is -2.31. The SMILES string of the molecule is CCn1nc(C)c(N)c1C(=O)N(C)CCC(C)O. The minimum absolute atomic E-state index is 0.157. The topological polar surface area (TPSA) is 84.4 Å². The van der Waals surface area contributed by atoms with E-state index in [9.17, 15) is 9.90 Å². The number of nitrogens with two attached hydrogens (primary N) is 1. The zero-order valence-electron chi connectivity index (χ0n) is 11.5. The molecule has 1 rings (SSSR count). The molecule has 102 valence electrons. The van der Waals surface area contributed by atoms with Crippen LogP contribution in [0, 0.1) is 6.92 Å². The van der Waals surface area contributed by atoms with Crippen LogP contribution in [0.2, 0.25) is 0 Å². The number of carbonyl (C=O) groups is 1. The normalized spacial score (nSPS) is 12.5. The molecule has 0 radical (unpaired) electrons. The molecular weight excluding hydrogens is 232 g/mol. The van der Waals surface area contributed by atoms with Crippen molar-refractivity contribution in [2.75, 3.05) is 19.3 Å². The van der Waals surface area contributed by atoms with Crippen LogP contribution in [0.15, 0.2) is 0 Å². The summed E-state index contributed by atoms with van der Waals surface area (Å²) in [5, 5.41) is 13.5. The van der Waals surface area contributed by atoms with Crippen LogP contribution in [-0.2, 0) is 6.54 Å². The van der Waals surface area contributed by atoms with Crippen molar-refractivity contribution in [3.63, 3.8) is 0 Å². The second kappa shape index (κ2) is 5.86. The molecule has 1 amide bonds. The van der Waals surface area contributed by atoms with E-state index in [1.807, 2.05) is 6.92 Å². The first-order valence-electron chi connectivity index (χ1n) is 6.14. The maximum Gasteiger partial charge on any atom is 0.274 e. The zero-order chi connectivity index (χ0) is 13.9. The summed E-state index contributed by atoms with van der Waals surface area (Å²) >= 11 is 0. The van der Waals surface area contributed by atoms with Crippen LogP contribution in [0.5, 0.6) is 0 Å². The highest BCUT2D eigenvalue weighted by Gasteiger charge is 2.22. The number of carbonyl (C=O) groups excluding carboxylic acids is 1. The number of nitrogen functional groups attached to an aromatic ring is 1. The number of rotatable bonds is 5. The van der Waals surface area contributed by atoms with Gasteiger partial charge in [0.05, 0.1) is 17.5 Å². The number of aromatic nitrogens is 2. The summed E-state index contributed by atoms with van der Waals surface area (Å²) in [5.41, 5.74) is 7.43. The standard InChI is InChI=1S/C12H22N4O2/c1-5-16-11(10(13)9(3)14-16)12(18)15(4)7-6-8(2)17/h8,17H,5-7,13H2,1-4H3. The average Bonchev–Trinajstić information content (AvgIpc) is 2.61. The van der Waals surface area contributed by atoms with E-state index in [4.69, 9.17) is 5.73 Å². The van der Waals surface area contributed by atoms with Crippen molar-refractivity contribution < 1.29 is 9.90 Å². The van der Waals surface area contributed by atoms with E-state index in [-0.39, 0.29) is 5.91 Å². The van der Waals surface area contributed by atoms with Crippen LogP contribution >= 0.6 is 0 Å². The molecule has 6 heteroatoms. The zero-order valence-corrected chi connectivity index (χ0v) is 11.5. The number of nitrogens with zero attached hydrogens (tertiary/aromatic N) is 3. The average molecular weight is 254 g/mol. The third kappa shape index (κ3) is 3.01. The molecule has 0 saturated heterocycles. The minimum Gasteiger partial charge on any atom is -0.395 e. The van der Waals surface area contributed by atoms with E-state index < -0.39 is 6.10 Å². The minimum atomic E-state index is -0.421. The molecular formula is C12H22N4O2. The van der Waals surface area contributed by atoms with Gasteiger partial charge in [0.15, 0.2) is 0 Å². The lowest BCUT2D eigenvalue weighted by molar-refractivity contribution is 0.0758. The number of hydrogen-bond acceptors (Lipinski definition) is 4. The van der Waals surface area contributed by atoms with Gasteiger partial charge < -0.3 is 15.7 Å². The Labute approximate surface area is 107 Å². The van der Waals surface area contributed by atoms with Gasteiger partial charge in [-0.15, -0.1) is 0 Å². The molecule has 0 fully saturated rings. The van der Waals surface area contributed by atoms with Gasteiger partial charge in [0, 0.05) is 20.1 Å². The summed E-state index contributed by atoms with van der Waals surface area (Å²) in [6, 6.07) is 0. The van der Waals surface area contributed by atoms with Crippen molar-refractivity contribution in [2.24, 2.45) is 0 Å². The van der Waals surface area contributed by atoms with Gasteiger partial charge in [-0.1, -0.05) is 0 Å². The van der Waals surface area contributed by atoms with Gasteiger partial charge in [-0.2, -0.15) is 5.10 Å². The van der Waals surface area contributed by atoms with Crippen molar-refractivity contribution in [3.8, 4) is 0 Å². The van der Waals surface area contributed by atoms with Crippen molar-refractivity contribution in [1.82, 2.24) is 14.7 Å². The molecule has 1 aromatic rings. The van der Waals surface area contributed by atoms with E-state index in [0.29, 0.717) is 36.6 Å². The molecule has 1 unspecified atom stereocenters. The van der Waals surface area contributed by atoms with Crippen LogP contribution in [0.1, 0.15) is 36.5 Å². The predicted octanol–water partition coefficient (Wildman–Crippen LogP) is 0.637. The molecule has 1 heterocycles. The molecule has 1 atom stereocenters. The van der Waals surface area contributed by atoms with Crippen LogP contribution in [0.3, 0.4) is 0 Å². The molecule has 0 aliphatic carbocycles. The van der Waals surface area contributed by atoms with Gasteiger partial charge in [0.2, 0.25) is 0 Å².